The lowest BCUT2D eigenvalue weighted by Gasteiger charge is -2.06. The summed E-state index contributed by atoms with van der Waals surface area (Å²) in [4.78, 5) is 11.8. The Kier molecular flexibility index (Phi) is 3.90. The van der Waals surface area contributed by atoms with Crippen LogP contribution in [-0.2, 0) is 0 Å². The molecule has 1 N–H and O–H groups in total. The molecule has 5 heteroatoms. The summed E-state index contributed by atoms with van der Waals surface area (Å²) >= 11 is 2.14. The van der Waals surface area contributed by atoms with Crippen molar-refractivity contribution in [2.24, 2.45) is 0 Å². The molecule has 2 aromatic rings. The molecule has 92 valence electrons. The summed E-state index contributed by atoms with van der Waals surface area (Å²) in [5.41, 5.74) is 0.374. The lowest BCUT2D eigenvalue weighted by Crippen LogP contribution is -2.13. The van der Waals surface area contributed by atoms with Crippen LogP contribution in [0.15, 0.2) is 42.5 Å². The monoisotopic (exact) mass is 359 g/mol. The van der Waals surface area contributed by atoms with E-state index in [9.17, 15) is 13.6 Å². The normalized spacial score (nSPS) is 10.2. The Balaban J connectivity index is 2.19. The third-order valence-electron chi connectivity index (χ3n) is 2.28. The minimum Gasteiger partial charge on any atom is -0.322 e. The number of rotatable bonds is 2. The number of hydrogen-bond donors (Lipinski definition) is 1. The van der Waals surface area contributed by atoms with Gasteiger partial charge < -0.3 is 5.32 Å². The molecular weight excluding hydrogens is 351 g/mol. The highest BCUT2D eigenvalue weighted by Gasteiger charge is 2.12. The van der Waals surface area contributed by atoms with E-state index >= 15 is 0 Å². The van der Waals surface area contributed by atoms with E-state index in [1.807, 2.05) is 12.1 Å². The summed E-state index contributed by atoms with van der Waals surface area (Å²) < 4.78 is 27.1. The first-order chi connectivity index (χ1) is 8.56. The van der Waals surface area contributed by atoms with Crippen LogP contribution in [0.3, 0.4) is 0 Å². The van der Waals surface area contributed by atoms with E-state index < -0.39 is 17.5 Å². The Hall–Kier alpha value is -1.50. The van der Waals surface area contributed by atoms with Crippen molar-refractivity contribution < 1.29 is 13.6 Å². The molecule has 0 radical (unpaired) electrons. The van der Waals surface area contributed by atoms with Crippen LogP contribution >= 0.6 is 22.6 Å². The van der Waals surface area contributed by atoms with Gasteiger partial charge in [0.05, 0.1) is 5.56 Å². The van der Waals surface area contributed by atoms with Gasteiger partial charge in [-0.2, -0.15) is 0 Å². The topological polar surface area (TPSA) is 29.1 Å². The van der Waals surface area contributed by atoms with Gasteiger partial charge in [-0.05, 0) is 59.0 Å². The lowest BCUT2D eigenvalue weighted by atomic mass is 10.2. The average molecular weight is 359 g/mol. The molecule has 0 bridgehead atoms. The summed E-state index contributed by atoms with van der Waals surface area (Å²) in [5.74, 6) is -2.19. The molecule has 0 saturated heterocycles. The van der Waals surface area contributed by atoms with Crippen LogP contribution in [0.25, 0.3) is 0 Å². The van der Waals surface area contributed by atoms with Crippen molar-refractivity contribution >= 4 is 34.2 Å². The first kappa shape index (κ1) is 12.9. The van der Waals surface area contributed by atoms with Crippen LogP contribution in [0.2, 0.25) is 0 Å². The number of hydrogen-bond acceptors (Lipinski definition) is 1. The highest BCUT2D eigenvalue weighted by Crippen LogP contribution is 2.14. The third kappa shape index (κ3) is 3.04. The van der Waals surface area contributed by atoms with E-state index in [0.717, 1.165) is 15.7 Å². The van der Waals surface area contributed by atoms with Crippen molar-refractivity contribution in [1.82, 2.24) is 0 Å². The number of nitrogens with one attached hydrogen (secondary N) is 1. The SMILES string of the molecule is O=C(Nc1ccc(I)cc1)c1ccc(F)cc1F. The van der Waals surface area contributed by atoms with Crippen LogP contribution < -0.4 is 5.32 Å². The number of amides is 1. The predicted molar refractivity (Wildman–Crippen MR) is 73.5 cm³/mol. The van der Waals surface area contributed by atoms with Gasteiger partial charge in [-0.1, -0.05) is 0 Å². The molecule has 0 spiro atoms. The fraction of sp³-hybridized carbons (Fsp3) is 0. The largest absolute Gasteiger partial charge is 0.322 e. The first-order valence-corrected chi connectivity index (χ1v) is 6.16. The van der Waals surface area contributed by atoms with Crippen LogP contribution in [-0.4, -0.2) is 5.91 Å². The zero-order valence-electron chi connectivity index (χ0n) is 9.08. The maximum Gasteiger partial charge on any atom is 0.258 e. The molecule has 0 aliphatic heterocycles. The molecule has 0 aliphatic carbocycles. The quantitative estimate of drug-likeness (QED) is 0.812. The Morgan fingerprint density at radius 2 is 1.72 bits per heavy atom. The van der Waals surface area contributed by atoms with Gasteiger partial charge in [0.1, 0.15) is 11.6 Å². The number of carbonyl (C=O) groups is 1. The molecular formula is C13H8F2INO. The molecule has 18 heavy (non-hydrogen) atoms. The Morgan fingerprint density at radius 1 is 1.06 bits per heavy atom. The van der Waals surface area contributed by atoms with Gasteiger partial charge in [0.2, 0.25) is 0 Å². The summed E-state index contributed by atoms with van der Waals surface area (Å²) in [6.07, 6.45) is 0. The van der Waals surface area contributed by atoms with Gasteiger partial charge in [0, 0.05) is 15.3 Å². The van der Waals surface area contributed by atoms with E-state index in [1.54, 1.807) is 12.1 Å². The number of carbonyl (C=O) groups excluding carboxylic acids is 1. The van der Waals surface area contributed by atoms with E-state index in [2.05, 4.69) is 27.9 Å². The van der Waals surface area contributed by atoms with E-state index in [1.165, 1.54) is 0 Å². The van der Waals surface area contributed by atoms with Gasteiger partial charge in [-0.25, -0.2) is 8.78 Å². The van der Waals surface area contributed by atoms with E-state index in [-0.39, 0.29) is 5.56 Å². The molecule has 0 aliphatic rings. The summed E-state index contributed by atoms with van der Waals surface area (Å²) in [5, 5.41) is 2.54. The molecule has 0 aromatic heterocycles. The summed E-state index contributed by atoms with van der Waals surface area (Å²) in [6.45, 7) is 0. The van der Waals surface area contributed by atoms with Crippen LogP contribution in [0, 0.1) is 15.2 Å². The standard InChI is InChI=1S/C13H8F2INO/c14-8-1-6-11(12(15)7-8)13(18)17-10-4-2-9(16)3-5-10/h1-7H,(H,17,18). The predicted octanol–water partition coefficient (Wildman–Crippen LogP) is 3.82. The van der Waals surface area contributed by atoms with Crippen molar-refractivity contribution in [3.8, 4) is 0 Å². The van der Waals surface area contributed by atoms with Crippen LogP contribution in [0.4, 0.5) is 14.5 Å². The molecule has 0 atom stereocenters. The minimum absolute atomic E-state index is 0.185. The Bertz CT molecular complexity index is 584. The maximum atomic E-state index is 13.4. The molecule has 2 nitrogen and oxygen atoms in total. The highest BCUT2D eigenvalue weighted by atomic mass is 127. The molecule has 0 fully saturated rings. The number of benzene rings is 2. The van der Waals surface area contributed by atoms with Crippen molar-refractivity contribution in [3.63, 3.8) is 0 Å². The molecule has 0 heterocycles. The fourth-order valence-corrected chi connectivity index (χ4v) is 1.76. The van der Waals surface area contributed by atoms with Crippen LogP contribution in [0.1, 0.15) is 10.4 Å². The average Bonchev–Trinajstić information content (AvgIpc) is 2.32. The zero-order chi connectivity index (χ0) is 13.1. The second-order valence-corrected chi connectivity index (χ2v) is 4.83. The van der Waals surface area contributed by atoms with Crippen molar-refractivity contribution in [2.75, 3.05) is 5.32 Å². The number of anilines is 1. The van der Waals surface area contributed by atoms with Crippen LogP contribution in [0.5, 0.6) is 0 Å². The Labute approximate surface area is 116 Å². The van der Waals surface area contributed by atoms with Gasteiger partial charge >= 0.3 is 0 Å². The molecule has 2 rings (SSSR count). The second-order valence-electron chi connectivity index (χ2n) is 3.59. The van der Waals surface area contributed by atoms with Crippen molar-refractivity contribution in [1.29, 1.82) is 0 Å². The van der Waals surface area contributed by atoms with Gasteiger partial charge in [-0.15, -0.1) is 0 Å². The summed E-state index contributed by atoms with van der Waals surface area (Å²) in [6, 6.07) is 9.90. The van der Waals surface area contributed by atoms with Gasteiger partial charge in [0.15, 0.2) is 0 Å². The molecule has 2 aromatic carbocycles. The van der Waals surface area contributed by atoms with Gasteiger partial charge in [-0.3, -0.25) is 4.79 Å². The van der Waals surface area contributed by atoms with Crippen molar-refractivity contribution in [2.45, 2.75) is 0 Å². The lowest BCUT2D eigenvalue weighted by molar-refractivity contribution is 0.102. The molecule has 0 saturated carbocycles. The third-order valence-corrected chi connectivity index (χ3v) is 3.00. The fourth-order valence-electron chi connectivity index (χ4n) is 1.41. The van der Waals surface area contributed by atoms with E-state index in [0.29, 0.717) is 11.8 Å². The zero-order valence-corrected chi connectivity index (χ0v) is 11.2. The molecule has 1 amide bonds. The van der Waals surface area contributed by atoms with E-state index in [4.69, 9.17) is 0 Å². The minimum atomic E-state index is -0.877. The summed E-state index contributed by atoms with van der Waals surface area (Å²) in [7, 11) is 0. The smallest absolute Gasteiger partial charge is 0.258 e. The molecule has 0 unspecified atom stereocenters. The van der Waals surface area contributed by atoms with Gasteiger partial charge in [0.25, 0.3) is 5.91 Å². The highest BCUT2D eigenvalue weighted by molar-refractivity contribution is 14.1. The van der Waals surface area contributed by atoms with Crippen molar-refractivity contribution in [3.05, 3.63) is 63.2 Å². The Morgan fingerprint density at radius 3 is 2.33 bits per heavy atom. The first-order valence-electron chi connectivity index (χ1n) is 5.08. The maximum absolute atomic E-state index is 13.4. The number of halogens is 3. The second kappa shape index (κ2) is 5.43.